The first-order valence-corrected chi connectivity index (χ1v) is 3.02. The lowest BCUT2D eigenvalue weighted by Crippen LogP contribution is -2.32. The van der Waals surface area contributed by atoms with Gasteiger partial charge in [-0.2, -0.15) is 0 Å². The van der Waals surface area contributed by atoms with Crippen molar-refractivity contribution in [2.24, 2.45) is 5.73 Å². The second-order valence-electron chi connectivity index (χ2n) is 1.97. The van der Waals surface area contributed by atoms with Crippen molar-refractivity contribution in [1.29, 1.82) is 0 Å². The molecule has 56 valence electrons. The molecule has 0 saturated carbocycles. The van der Waals surface area contributed by atoms with Crippen molar-refractivity contribution in [2.45, 2.75) is 19.9 Å². The molecule has 3 heteroatoms. The zero-order valence-corrected chi connectivity index (χ0v) is 6.13. The Hall–Kier alpha value is -0.960. The Kier molecular flexibility index (Phi) is 3.57. The predicted octanol–water partition coefficient (Wildman–Crippen LogP) is 0.0479. The van der Waals surface area contributed by atoms with Gasteiger partial charge in [0.1, 0.15) is 0 Å². The van der Waals surface area contributed by atoms with Crippen molar-refractivity contribution >= 4 is 11.6 Å². The number of rotatable bonds is 3. The van der Waals surface area contributed by atoms with Gasteiger partial charge in [-0.15, -0.1) is 0 Å². The van der Waals surface area contributed by atoms with Crippen LogP contribution in [0.1, 0.15) is 13.8 Å². The lowest BCUT2D eigenvalue weighted by Gasteiger charge is -1.99. The van der Waals surface area contributed by atoms with Crippen LogP contribution in [0, 0.1) is 0 Å². The van der Waals surface area contributed by atoms with Crippen molar-refractivity contribution < 1.29 is 9.59 Å². The van der Waals surface area contributed by atoms with Gasteiger partial charge in [-0.1, -0.05) is 12.2 Å². The smallest absolute Gasteiger partial charge is 0.218 e. The van der Waals surface area contributed by atoms with E-state index in [0.717, 1.165) is 0 Å². The number of Topliss-reactive ketones (excluding diaryl/α,β-unsaturated/α-hetero) is 2. The predicted molar refractivity (Wildman–Crippen MR) is 38.5 cm³/mol. The van der Waals surface area contributed by atoms with Gasteiger partial charge in [-0.3, -0.25) is 9.59 Å². The first-order chi connectivity index (χ1) is 4.59. The molecular formula is C7H11NO2. The normalized spacial score (nSPS) is 13.5. The van der Waals surface area contributed by atoms with Crippen LogP contribution in [0.4, 0.5) is 0 Å². The molecule has 0 spiro atoms. The molecule has 0 radical (unpaired) electrons. The molecule has 3 nitrogen and oxygen atoms in total. The first kappa shape index (κ1) is 9.04. The third kappa shape index (κ3) is 2.55. The molecule has 0 heterocycles. The molecule has 0 unspecified atom stereocenters. The van der Waals surface area contributed by atoms with Gasteiger partial charge < -0.3 is 5.73 Å². The highest BCUT2D eigenvalue weighted by molar-refractivity contribution is 6.38. The van der Waals surface area contributed by atoms with E-state index in [1.807, 2.05) is 0 Å². The summed E-state index contributed by atoms with van der Waals surface area (Å²) in [4.78, 5) is 21.1. The highest BCUT2D eigenvalue weighted by Crippen LogP contribution is 1.86. The lowest BCUT2D eigenvalue weighted by atomic mass is 10.1. The molecular weight excluding hydrogens is 130 g/mol. The van der Waals surface area contributed by atoms with E-state index in [1.165, 1.54) is 13.0 Å². The van der Waals surface area contributed by atoms with Crippen molar-refractivity contribution in [1.82, 2.24) is 0 Å². The minimum atomic E-state index is -0.762. The van der Waals surface area contributed by atoms with E-state index in [1.54, 1.807) is 13.0 Å². The Balaban J connectivity index is 4.08. The van der Waals surface area contributed by atoms with Gasteiger partial charge in [0.15, 0.2) is 5.78 Å². The number of allylic oxidation sites excluding steroid dienone is 1. The summed E-state index contributed by atoms with van der Waals surface area (Å²) in [6.07, 6.45) is 3.13. The molecule has 2 N–H and O–H groups in total. The fourth-order valence-corrected chi connectivity index (χ4v) is 0.529. The van der Waals surface area contributed by atoms with Gasteiger partial charge >= 0.3 is 0 Å². The van der Waals surface area contributed by atoms with Crippen LogP contribution < -0.4 is 5.73 Å². The monoisotopic (exact) mass is 141 g/mol. The quantitative estimate of drug-likeness (QED) is 0.446. The van der Waals surface area contributed by atoms with Crippen LogP contribution in [-0.2, 0) is 9.59 Å². The summed E-state index contributed by atoms with van der Waals surface area (Å²) in [7, 11) is 0. The third-order valence-electron chi connectivity index (χ3n) is 1.05. The summed E-state index contributed by atoms with van der Waals surface area (Å²) in [6.45, 7) is 2.96. The zero-order valence-electron chi connectivity index (χ0n) is 6.13. The molecule has 0 fully saturated rings. The third-order valence-corrected chi connectivity index (χ3v) is 1.05. The molecule has 1 atom stereocenters. The summed E-state index contributed by atoms with van der Waals surface area (Å²) in [6, 6.07) is -0.762. The summed E-state index contributed by atoms with van der Waals surface area (Å²) < 4.78 is 0. The van der Waals surface area contributed by atoms with Crippen LogP contribution >= 0.6 is 0 Å². The van der Waals surface area contributed by atoms with Crippen LogP contribution in [0.5, 0.6) is 0 Å². The fourth-order valence-electron chi connectivity index (χ4n) is 0.529. The molecule has 0 rings (SSSR count). The number of ketones is 2. The molecule has 0 saturated heterocycles. The van der Waals surface area contributed by atoms with Gasteiger partial charge in [-0.25, -0.2) is 0 Å². The molecule has 0 aromatic carbocycles. The topological polar surface area (TPSA) is 60.2 Å². The van der Waals surface area contributed by atoms with E-state index in [9.17, 15) is 9.59 Å². The maximum absolute atomic E-state index is 10.7. The Bertz CT molecular complexity index is 172. The molecule has 0 aliphatic carbocycles. The zero-order chi connectivity index (χ0) is 8.15. The number of hydrogen-bond donors (Lipinski definition) is 1. The summed E-state index contributed by atoms with van der Waals surface area (Å²) in [5.74, 6) is -1.04. The Labute approximate surface area is 59.9 Å². The van der Waals surface area contributed by atoms with E-state index in [2.05, 4.69) is 0 Å². The van der Waals surface area contributed by atoms with Crippen LogP contribution in [0.25, 0.3) is 0 Å². The van der Waals surface area contributed by atoms with Gasteiger partial charge in [0.2, 0.25) is 5.78 Å². The highest BCUT2D eigenvalue weighted by atomic mass is 16.2. The van der Waals surface area contributed by atoms with E-state index in [4.69, 9.17) is 5.73 Å². The largest absolute Gasteiger partial charge is 0.318 e. The molecule has 10 heavy (non-hydrogen) atoms. The van der Waals surface area contributed by atoms with Crippen LogP contribution in [0.3, 0.4) is 0 Å². The van der Waals surface area contributed by atoms with E-state index >= 15 is 0 Å². The van der Waals surface area contributed by atoms with Crippen molar-refractivity contribution in [2.75, 3.05) is 0 Å². The molecule has 0 aromatic rings. The molecule has 0 aliphatic heterocycles. The summed E-state index contributed by atoms with van der Waals surface area (Å²) in [5.41, 5.74) is 5.27. The van der Waals surface area contributed by atoms with E-state index in [-0.39, 0.29) is 0 Å². The lowest BCUT2D eigenvalue weighted by molar-refractivity contribution is -0.135. The standard InChI is InChI=1S/C7H11NO2/c1-3-4-6(8)7(10)5(2)9/h3-4,6H,8H2,1-2H3/b4-3+/t6-/m0/s1. The number of carbonyl (C=O) groups is 2. The Morgan fingerprint density at radius 1 is 1.50 bits per heavy atom. The summed E-state index contributed by atoms with van der Waals surface area (Å²) >= 11 is 0. The maximum Gasteiger partial charge on any atom is 0.218 e. The minimum absolute atomic E-state index is 0.495. The fraction of sp³-hybridized carbons (Fsp3) is 0.429. The average Bonchev–Trinajstić information content (AvgIpc) is 1.87. The number of hydrogen-bond acceptors (Lipinski definition) is 3. The van der Waals surface area contributed by atoms with Crippen LogP contribution in [0.2, 0.25) is 0 Å². The molecule has 0 aromatic heterocycles. The van der Waals surface area contributed by atoms with E-state index < -0.39 is 17.6 Å². The minimum Gasteiger partial charge on any atom is -0.318 e. The molecule has 0 bridgehead atoms. The van der Waals surface area contributed by atoms with Crippen LogP contribution in [-0.4, -0.2) is 17.6 Å². The number of carbonyl (C=O) groups excluding carboxylic acids is 2. The van der Waals surface area contributed by atoms with Crippen molar-refractivity contribution in [3.8, 4) is 0 Å². The Morgan fingerprint density at radius 2 is 2.00 bits per heavy atom. The highest BCUT2D eigenvalue weighted by Gasteiger charge is 2.13. The molecule has 0 aliphatic rings. The van der Waals surface area contributed by atoms with Crippen molar-refractivity contribution in [3.63, 3.8) is 0 Å². The Morgan fingerprint density at radius 3 is 2.30 bits per heavy atom. The second-order valence-corrected chi connectivity index (χ2v) is 1.97. The second kappa shape index (κ2) is 3.95. The first-order valence-electron chi connectivity index (χ1n) is 3.02. The van der Waals surface area contributed by atoms with Gasteiger partial charge in [-0.05, 0) is 6.92 Å². The average molecular weight is 141 g/mol. The number of nitrogens with two attached hydrogens (primary N) is 1. The molecule has 0 amide bonds. The SMILES string of the molecule is C/C=C/[C@H](N)C(=O)C(C)=O. The van der Waals surface area contributed by atoms with E-state index in [0.29, 0.717) is 0 Å². The van der Waals surface area contributed by atoms with Gasteiger partial charge in [0.25, 0.3) is 0 Å². The van der Waals surface area contributed by atoms with Gasteiger partial charge in [0.05, 0.1) is 6.04 Å². The summed E-state index contributed by atoms with van der Waals surface area (Å²) in [5, 5.41) is 0. The van der Waals surface area contributed by atoms with Crippen LogP contribution in [0.15, 0.2) is 12.2 Å². The maximum atomic E-state index is 10.7. The van der Waals surface area contributed by atoms with Gasteiger partial charge in [0, 0.05) is 6.92 Å². The van der Waals surface area contributed by atoms with Crippen molar-refractivity contribution in [3.05, 3.63) is 12.2 Å².